The van der Waals surface area contributed by atoms with E-state index < -0.39 is 0 Å². The van der Waals surface area contributed by atoms with Gasteiger partial charge in [-0.15, -0.1) is 0 Å². The van der Waals surface area contributed by atoms with Crippen LogP contribution in [-0.4, -0.2) is 37.1 Å². The molecule has 1 fully saturated rings. The molecule has 2 rings (SSSR count). The molecule has 1 aromatic rings. The second-order valence-corrected chi connectivity index (χ2v) is 5.93. The van der Waals surface area contributed by atoms with Gasteiger partial charge in [-0.2, -0.15) is 0 Å². The van der Waals surface area contributed by atoms with Gasteiger partial charge >= 0.3 is 0 Å². The van der Waals surface area contributed by atoms with Crippen molar-refractivity contribution in [3.05, 3.63) is 71.6 Å². The fourth-order valence-corrected chi connectivity index (χ4v) is 2.56. The van der Waals surface area contributed by atoms with Gasteiger partial charge in [0, 0.05) is 29.8 Å². The third kappa shape index (κ3) is 6.02. The fraction of sp³-hybridized carbons (Fsp3) is 0.318. The SMILES string of the molecule is C=CC(C#Cc1cccc(F)c1)=CC=C(CCC)C(=O)N1CCOCC1. The third-order valence-electron chi connectivity index (χ3n) is 3.95. The van der Waals surface area contributed by atoms with Gasteiger partial charge in [0.2, 0.25) is 5.91 Å². The summed E-state index contributed by atoms with van der Waals surface area (Å²) in [6.45, 7) is 8.21. The predicted molar refractivity (Wildman–Crippen MR) is 102 cm³/mol. The van der Waals surface area contributed by atoms with Crippen LogP contribution in [0.1, 0.15) is 25.3 Å². The Bertz CT molecular complexity index is 762. The molecule has 0 unspecified atom stereocenters. The summed E-state index contributed by atoms with van der Waals surface area (Å²) in [4.78, 5) is 14.5. The van der Waals surface area contributed by atoms with Crippen molar-refractivity contribution in [2.24, 2.45) is 0 Å². The average Bonchev–Trinajstić information content (AvgIpc) is 2.67. The molecule has 136 valence electrons. The second kappa shape index (κ2) is 10.4. The zero-order valence-electron chi connectivity index (χ0n) is 15.1. The van der Waals surface area contributed by atoms with E-state index in [0.29, 0.717) is 43.9 Å². The summed E-state index contributed by atoms with van der Waals surface area (Å²) >= 11 is 0. The molecule has 0 bridgehead atoms. The molecule has 1 heterocycles. The van der Waals surface area contributed by atoms with Crippen LogP contribution in [0.15, 0.2) is 60.2 Å². The Balaban J connectivity index is 2.18. The number of carbonyl (C=O) groups excluding carboxylic acids is 1. The maximum absolute atomic E-state index is 13.2. The van der Waals surface area contributed by atoms with E-state index in [-0.39, 0.29) is 11.7 Å². The van der Waals surface area contributed by atoms with E-state index in [4.69, 9.17) is 4.74 Å². The van der Waals surface area contributed by atoms with Crippen LogP contribution >= 0.6 is 0 Å². The van der Waals surface area contributed by atoms with Crippen LogP contribution in [0.5, 0.6) is 0 Å². The Morgan fingerprint density at radius 1 is 1.35 bits per heavy atom. The highest BCUT2D eigenvalue weighted by Crippen LogP contribution is 2.12. The van der Waals surface area contributed by atoms with Crippen molar-refractivity contribution in [3.63, 3.8) is 0 Å². The standard InChI is InChI=1S/C22H24FNO2/c1-3-6-20(22(25)24-13-15-26-16-14-24)12-11-18(4-2)9-10-19-7-5-8-21(23)17-19/h4-5,7-8,11-12,17H,2-3,6,13-16H2,1H3. The number of carbonyl (C=O) groups is 1. The molecule has 1 aliphatic heterocycles. The predicted octanol–water partition coefficient (Wildman–Crippen LogP) is 3.87. The Morgan fingerprint density at radius 3 is 2.77 bits per heavy atom. The number of hydrogen-bond donors (Lipinski definition) is 0. The molecule has 1 amide bonds. The molecule has 0 aliphatic carbocycles. The highest BCUT2D eigenvalue weighted by atomic mass is 19.1. The number of amides is 1. The average molecular weight is 353 g/mol. The molecule has 26 heavy (non-hydrogen) atoms. The van der Waals surface area contributed by atoms with E-state index in [1.54, 1.807) is 24.3 Å². The van der Waals surface area contributed by atoms with Crippen LogP contribution in [-0.2, 0) is 9.53 Å². The van der Waals surface area contributed by atoms with E-state index in [1.807, 2.05) is 17.9 Å². The van der Waals surface area contributed by atoms with Crippen LogP contribution in [0.25, 0.3) is 0 Å². The molecule has 1 aliphatic rings. The Labute approximate surface area is 154 Å². The van der Waals surface area contributed by atoms with Crippen molar-refractivity contribution in [2.75, 3.05) is 26.3 Å². The summed E-state index contributed by atoms with van der Waals surface area (Å²) in [7, 11) is 0. The summed E-state index contributed by atoms with van der Waals surface area (Å²) in [5, 5.41) is 0. The van der Waals surface area contributed by atoms with E-state index in [0.717, 1.165) is 12.0 Å². The maximum atomic E-state index is 13.2. The molecule has 0 saturated carbocycles. The minimum atomic E-state index is -0.317. The lowest BCUT2D eigenvalue weighted by Gasteiger charge is -2.27. The molecular weight excluding hydrogens is 329 g/mol. The van der Waals surface area contributed by atoms with Crippen molar-refractivity contribution in [1.82, 2.24) is 4.90 Å². The molecule has 4 heteroatoms. The van der Waals surface area contributed by atoms with Gasteiger partial charge in [0.15, 0.2) is 0 Å². The van der Waals surface area contributed by atoms with Crippen LogP contribution in [0.4, 0.5) is 4.39 Å². The molecule has 0 aromatic heterocycles. The minimum Gasteiger partial charge on any atom is -0.378 e. The molecule has 1 aromatic carbocycles. The maximum Gasteiger partial charge on any atom is 0.249 e. The van der Waals surface area contributed by atoms with Crippen LogP contribution in [0, 0.1) is 17.7 Å². The number of benzene rings is 1. The first kappa shape index (κ1) is 19.7. The second-order valence-electron chi connectivity index (χ2n) is 5.93. The summed E-state index contributed by atoms with van der Waals surface area (Å²) < 4.78 is 18.5. The molecule has 0 atom stereocenters. The lowest BCUT2D eigenvalue weighted by atomic mass is 10.1. The van der Waals surface area contributed by atoms with Crippen molar-refractivity contribution in [3.8, 4) is 11.8 Å². The number of ether oxygens (including phenoxy) is 1. The van der Waals surface area contributed by atoms with Gasteiger partial charge in [-0.25, -0.2) is 4.39 Å². The number of rotatable bonds is 5. The summed E-state index contributed by atoms with van der Waals surface area (Å²) in [6.07, 6.45) is 6.83. The van der Waals surface area contributed by atoms with Crippen LogP contribution in [0.3, 0.4) is 0 Å². The molecule has 0 radical (unpaired) electrons. The smallest absolute Gasteiger partial charge is 0.249 e. The lowest BCUT2D eigenvalue weighted by Crippen LogP contribution is -2.41. The van der Waals surface area contributed by atoms with Crippen LogP contribution in [0.2, 0.25) is 0 Å². The Kier molecular flexibility index (Phi) is 7.85. The molecule has 0 spiro atoms. The highest BCUT2D eigenvalue weighted by Gasteiger charge is 2.19. The van der Waals surface area contributed by atoms with Crippen LogP contribution < -0.4 is 0 Å². The number of halogens is 1. The molecule has 1 saturated heterocycles. The minimum absolute atomic E-state index is 0.0490. The summed E-state index contributed by atoms with van der Waals surface area (Å²) in [6, 6.07) is 6.13. The van der Waals surface area contributed by atoms with E-state index >= 15 is 0 Å². The normalized spacial score (nSPS) is 15.2. The molecular formula is C22H24FNO2. The topological polar surface area (TPSA) is 29.5 Å². The quantitative estimate of drug-likeness (QED) is 0.457. The number of morpholine rings is 1. The Morgan fingerprint density at radius 2 is 2.12 bits per heavy atom. The van der Waals surface area contributed by atoms with Gasteiger partial charge in [0.25, 0.3) is 0 Å². The molecule has 3 nitrogen and oxygen atoms in total. The Hall–Kier alpha value is -2.64. The first-order valence-corrected chi connectivity index (χ1v) is 8.82. The van der Waals surface area contributed by atoms with E-state index in [2.05, 4.69) is 18.4 Å². The first-order chi connectivity index (χ1) is 12.6. The lowest BCUT2D eigenvalue weighted by molar-refractivity contribution is -0.131. The molecule has 0 N–H and O–H groups in total. The van der Waals surface area contributed by atoms with E-state index in [1.165, 1.54) is 12.1 Å². The number of nitrogens with zero attached hydrogens (tertiary/aromatic N) is 1. The number of allylic oxidation sites excluding steroid dienone is 4. The van der Waals surface area contributed by atoms with Gasteiger partial charge in [0.05, 0.1) is 13.2 Å². The largest absolute Gasteiger partial charge is 0.378 e. The van der Waals surface area contributed by atoms with Gasteiger partial charge in [-0.05, 0) is 30.7 Å². The van der Waals surface area contributed by atoms with Gasteiger partial charge in [0.1, 0.15) is 5.82 Å². The van der Waals surface area contributed by atoms with Crippen molar-refractivity contribution >= 4 is 5.91 Å². The van der Waals surface area contributed by atoms with Crippen molar-refractivity contribution in [1.29, 1.82) is 0 Å². The van der Waals surface area contributed by atoms with Crippen molar-refractivity contribution < 1.29 is 13.9 Å². The highest BCUT2D eigenvalue weighted by molar-refractivity contribution is 5.93. The van der Waals surface area contributed by atoms with E-state index in [9.17, 15) is 9.18 Å². The van der Waals surface area contributed by atoms with Gasteiger partial charge in [-0.1, -0.05) is 50.0 Å². The zero-order chi connectivity index (χ0) is 18.8. The summed E-state index contributed by atoms with van der Waals surface area (Å²) in [5.74, 6) is 5.61. The zero-order valence-corrected chi connectivity index (χ0v) is 15.1. The third-order valence-corrected chi connectivity index (χ3v) is 3.95. The fourth-order valence-electron chi connectivity index (χ4n) is 2.56. The van der Waals surface area contributed by atoms with Gasteiger partial charge < -0.3 is 9.64 Å². The monoisotopic (exact) mass is 353 g/mol. The summed E-state index contributed by atoms with van der Waals surface area (Å²) in [5.41, 5.74) is 2.03. The first-order valence-electron chi connectivity index (χ1n) is 8.82. The number of hydrogen-bond acceptors (Lipinski definition) is 2. The van der Waals surface area contributed by atoms with Gasteiger partial charge in [-0.3, -0.25) is 4.79 Å². The van der Waals surface area contributed by atoms with Crippen molar-refractivity contribution in [2.45, 2.75) is 19.8 Å².